The molecular weight excluding hydrogens is 287 g/mol. The summed E-state index contributed by atoms with van der Waals surface area (Å²) in [5.74, 6) is 0.416. The van der Waals surface area contributed by atoms with Crippen molar-refractivity contribution in [1.29, 1.82) is 0 Å². The quantitative estimate of drug-likeness (QED) is 0.888. The molecule has 96 valence electrons. The van der Waals surface area contributed by atoms with Crippen molar-refractivity contribution in [3.05, 3.63) is 50.4 Å². The van der Waals surface area contributed by atoms with Crippen LogP contribution in [0.2, 0.25) is 10.0 Å². The second-order valence-corrected chi connectivity index (χ2v) is 5.98. The third-order valence-corrected chi connectivity index (χ3v) is 4.02. The fourth-order valence-electron chi connectivity index (χ4n) is 1.71. The Kier molecular flexibility index (Phi) is 5.01. The minimum absolute atomic E-state index is 0.416. The molecule has 0 aliphatic rings. The Morgan fingerprint density at radius 1 is 1.28 bits per heavy atom. The van der Waals surface area contributed by atoms with Gasteiger partial charge in [0.15, 0.2) is 0 Å². The van der Waals surface area contributed by atoms with Gasteiger partial charge in [0.2, 0.25) is 0 Å². The second kappa shape index (κ2) is 6.53. The number of hydrogen-bond acceptors (Lipinski definition) is 3. The van der Waals surface area contributed by atoms with E-state index >= 15 is 0 Å². The molecule has 0 amide bonds. The van der Waals surface area contributed by atoms with Crippen LogP contribution in [0.25, 0.3) is 0 Å². The van der Waals surface area contributed by atoms with Crippen LogP contribution in [0.5, 0.6) is 0 Å². The molecule has 1 aromatic carbocycles. The number of halogens is 2. The first-order valence-corrected chi connectivity index (χ1v) is 7.34. The van der Waals surface area contributed by atoms with Crippen LogP contribution < -0.4 is 5.32 Å². The van der Waals surface area contributed by atoms with Crippen LogP contribution in [-0.4, -0.2) is 11.5 Å². The lowest BCUT2D eigenvalue weighted by Crippen LogP contribution is -2.19. The van der Waals surface area contributed by atoms with Gasteiger partial charge in [-0.1, -0.05) is 30.1 Å². The monoisotopic (exact) mass is 300 g/mol. The van der Waals surface area contributed by atoms with Crippen LogP contribution in [0.4, 0.5) is 0 Å². The molecule has 1 heterocycles. The van der Waals surface area contributed by atoms with E-state index < -0.39 is 0 Å². The Labute approximate surface area is 121 Å². The molecule has 0 bridgehead atoms. The second-order valence-electron chi connectivity index (χ2n) is 4.18. The molecule has 0 radical (unpaired) electrons. The van der Waals surface area contributed by atoms with E-state index in [4.69, 9.17) is 23.2 Å². The summed E-state index contributed by atoms with van der Waals surface area (Å²) in [4.78, 5) is 4.31. The SMILES string of the molecule is CC(CNCc1cc(Cl)cc(Cl)c1)c1nccs1. The smallest absolute Gasteiger partial charge is 0.0965 e. The third kappa shape index (κ3) is 3.95. The summed E-state index contributed by atoms with van der Waals surface area (Å²) in [6.45, 7) is 3.81. The first-order valence-electron chi connectivity index (χ1n) is 5.70. The molecule has 0 spiro atoms. The minimum Gasteiger partial charge on any atom is -0.312 e. The lowest BCUT2D eigenvalue weighted by atomic mass is 10.2. The normalized spacial score (nSPS) is 12.6. The molecule has 0 aliphatic carbocycles. The minimum atomic E-state index is 0.416. The van der Waals surface area contributed by atoms with Crippen molar-refractivity contribution < 1.29 is 0 Å². The maximum absolute atomic E-state index is 5.95. The van der Waals surface area contributed by atoms with E-state index in [1.807, 2.05) is 23.7 Å². The fraction of sp³-hybridized carbons (Fsp3) is 0.308. The van der Waals surface area contributed by atoms with Gasteiger partial charge in [-0.05, 0) is 23.8 Å². The molecule has 0 fully saturated rings. The number of thiazole rings is 1. The zero-order valence-corrected chi connectivity index (χ0v) is 12.3. The van der Waals surface area contributed by atoms with Gasteiger partial charge in [0, 0.05) is 40.6 Å². The summed E-state index contributed by atoms with van der Waals surface area (Å²) in [7, 11) is 0. The predicted molar refractivity (Wildman–Crippen MR) is 78.7 cm³/mol. The molecule has 2 aromatic rings. The van der Waals surface area contributed by atoms with E-state index in [0.717, 1.165) is 23.7 Å². The Bertz CT molecular complexity index is 479. The molecular formula is C13H14Cl2N2S. The van der Waals surface area contributed by atoms with Gasteiger partial charge in [-0.15, -0.1) is 11.3 Å². The maximum atomic E-state index is 5.95. The summed E-state index contributed by atoms with van der Waals surface area (Å²) < 4.78 is 0. The topological polar surface area (TPSA) is 24.9 Å². The Hall–Kier alpha value is -0.610. The molecule has 0 saturated carbocycles. The Morgan fingerprint density at radius 3 is 2.61 bits per heavy atom. The molecule has 1 N–H and O–H groups in total. The zero-order valence-electron chi connectivity index (χ0n) is 9.99. The summed E-state index contributed by atoms with van der Waals surface area (Å²) in [6, 6.07) is 5.59. The van der Waals surface area contributed by atoms with Crippen molar-refractivity contribution in [3.63, 3.8) is 0 Å². The van der Waals surface area contributed by atoms with E-state index in [1.165, 1.54) is 0 Å². The van der Waals surface area contributed by atoms with Crippen molar-refractivity contribution in [2.75, 3.05) is 6.54 Å². The Morgan fingerprint density at radius 2 is 2.00 bits per heavy atom. The average molecular weight is 301 g/mol. The standard InChI is InChI=1S/C13H14Cl2N2S/c1-9(13-17-2-3-18-13)7-16-8-10-4-11(14)6-12(15)5-10/h2-6,9,16H,7-8H2,1H3. The summed E-state index contributed by atoms with van der Waals surface area (Å²) >= 11 is 13.6. The molecule has 1 aromatic heterocycles. The van der Waals surface area contributed by atoms with E-state index in [0.29, 0.717) is 16.0 Å². The van der Waals surface area contributed by atoms with Crippen LogP contribution in [0.3, 0.4) is 0 Å². The highest BCUT2D eigenvalue weighted by Gasteiger charge is 2.07. The highest BCUT2D eigenvalue weighted by atomic mass is 35.5. The van der Waals surface area contributed by atoms with E-state index in [2.05, 4.69) is 17.2 Å². The lowest BCUT2D eigenvalue weighted by Gasteiger charge is -2.10. The summed E-state index contributed by atoms with van der Waals surface area (Å²) in [5, 5.41) is 7.90. The molecule has 0 aliphatic heterocycles. The Balaban J connectivity index is 1.85. The van der Waals surface area contributed by atoms with Crippen molar-refractivity contribution in [3.8, 4) is 0 Å². The van der Waals surface area contributed by atoms with Gasteiger partial charge < -0.3 is 5.32 Å². The van der Waals surface area contributed by atoms with Crippen molar-refractivity contribution in [1.82, 2.24) is 10.3 Å². The van der Waals surface area contributed by atoms with Crippen molar-refractivity contribution in [2.24, 2.45) is 0 Å². The lowest BCUT2D eigenvalue weighted by molar-refractivity contribution is 0.613. The molecule has 0 saturated heterocycles. The van der Waals surface area contributed by atoms with E-state index in [-0.39, 0.29) is 0 Å². The molecule has 1 unspecified atom stereocenters. The van der Waals surface area contributed by atoms with Crippen LogP contribution >= 0.6 is 34.5 Å². The number of aromatic nitrogens is 1. The van der Waals surface area contributed by atoms with Gasteiger partial charge in [0.05, 0.1) is 5.01 Å². The van der Waals surface area contributed by atoms with Gasteiger partial charge >= 0.3 is 0 Å². The zero-order chi connectivity index (χ0) is 13.0. The number of nitrogens with zero attached hydrogens (tertiary/aromatic N) is 1. The third-order valence-electron chi connectivity index (χ3n) is 2.57. The number of rotatable bonds is 5. The van der Waals surface area contributed by atoms with Crippen LogP contribution in [0, 0.1) is 0 Å². The summed E-state index contributed by atoms with van der Waals surface area (Å²) in [6.07, 6.45) is 1.84. The number of benzene rings is 1. The van der Waals surface area contributed by atoms with E-state index in [1.54, 1.807) is 17.4 Å². The van der Waals surface area contributed by atoms with Gasteiger partial charge in [0.25, 0.3) is 0 Å². The largest absolute Gasteiger partial charge is 0.312 e. The van der Waals surface area contributed by atoms with Crippen molar-refractivity contribution >= 4 is 34.5 Å². The number of nitrogens with one attached hydrogen (secondary N) is 1. The van der Waals surface area contributed by atoms with Crippen LogP contribution in [-0.2, 0) is 6.54 Å². The molecule has 1 atom stereocenters. The van der Waals surface area contributed by atoms with Crippen LogP contribution in [0.1, 0.15) is 23.4 Å². The van der Waals surface area contributed by atoms with Crippen LogP contribution in [0.15, 0.2) is 29.8 Å². The fourth-order valence-corrected chi connectivity index (χ4v) is 2.98. The first kappa shape index (κ1) is 13.8. The van der Waals surface area contributed by atoms with Gasteiger partial charge in [-0.25, -0.2) is 4.98 Å². The average Bonchev–Trinajstić information content (AvgIpc) is 2.80. The molecule has 18 heavy (non-hydrogen) atoms. The van der Waals surface area contributed by atoms with Gasteiger partial charge in [-0.2, -0.15) is 0 Å². The first-order chi connectivity index (χ1) is 8.65. The maximum Gasteiger partial charge on any atom is 0.0965 e. The molecule has 5 heteroatoms. The predicted octanol–water partition coefficient (Wildman–Crippen LogP) is 4.34. The highest BCUT2D eigenvalue weighted by molar-refractivity contribution is 7.09. The highest BCUT2D eigenvalue weighted by Crippen LogP contribution is 2.20. The number of hydrogen-bond donors (Lipinski definition) is 1. The summed E-state index contributed by atoms with van der Waals surface area (Å²) in [5.41, 5.74) is 1.10. The van der Waals surface area contributed by atoms with Crippen molar-refractivity contribution in [2.45, 2.75) is 19.4 Å². The van der Waals surface area contributed by atoms with Gasteiger partial charge in [0.1, 0.15) is 0 Å². The van der Waals surface area contributed by atoms with Gasteiger partial charge in [-0.3, -0.25) is 0 Å². The van der Waals surface area contributed by atoms with E-state index in [9.17, 15) is 0 Å². The molecule has 2 rings (SSSR count). The molecule has 2 nitrogen and oxygen atoms in total.